The van der Waals surface area contributed by atoms with Crippen LogP contribution in [0.5, 0.6) is 0 Å². The average Bonchev–Trinajstić information content (AvgIpc) is 2.18. The Hall–Kier alpha value is -1.91. The lowest BCUT2D eigenvalue weighted by Gasteiger charge is -2.00. The second kappa shape index (κ2) is 4.96. The van der Waals surface area contributed by atoms with Crippen molar-refractivity contribution in [2.45, 2.75) is 0 Å². The molecule has 0 radical (unpaired) electrons. The maximum atomic E-state index is 11.2. The number of nitrogens with zero attached hydrogens (tertiary/aromatic N) is 1. The van der Waals surface area contributed by atoms with Gasteiger partial charge in [-0.25, -0.2) is 4.79 Å². The third kappa shape index (κ3) is 3.22. The molecule has 0 heterocycles. The van der Waals surface area contributed by atoms with Crippen molar-refractivity contribution in [3.8, 4) is 0 Å². The van der Waals surface area contributed by atoms with Gasteiger partial charge in [0.25, 0.3) is 0 Å². The van der Waals surface area contributed by atoms with Crippen molar-refractivity contribution in [1.82, 2.24) is 0 Å². The van der Waals surface area contributed by atoms with Crippen LogP contribution in [0.25, 0.3) is 0 Å². The molecule has 14 heavy (non-hydrogen) atoms. The molecule has 0 unspecified atom stereocenters. The van der Waals surface area contributed by atoms with Gasteiger partial charge in [0.1, 0.15) is 0 Å². The van der Waals surface area contributed by atoms with E-state index < -0.39 is 10.9 Å². The molecule has 0 aliphatic heterocycles. The van der Waals surface area contributed by atoms with E-state index in [-0.39, 0.29) is 13.2 Å². The summed E-state index contributed by atoms with van der Waals surface area (Å²) in [5.41, 5.74) is 0.399. The highest BCUT2D eigenvalue weighted by atomic mass is 16.6. The zero-order valence-electron chi connectivity index (χ0n) is 7.38. The fourth-order valence-corrected chi connectivity index (χ4v) is 0.870. The third-order valence-corrected chi connectivity index (χ3v) is 1.52. The fourth-order valence-electron chi connectivity index (χ4n) is 0.870. The van der Waals surface area contributed by atoms with Gasteiger partial charge in [0.2, 0.25) is 6.54 Å². The summed E-state index contributed by atoms with van der Waals surface area (Å²) in [4.78, 5) is 20.6. The molecule has 0 spiro atoms. The number of carbonyl (C=O) groups is 1. The lowest BCUT2D eigenvalue weighted by molar-refractivity contribution is -0.482. The fraction of sp³-hybridized carbons (Fsp3) is 0.222. The van der Waals surface area contributed by atoms with E-state index >= 15 is 0 Å². The predicted octanol–water partition coefficient (Wildman–Crippen LogP) is 1.12. The van der Waals surface area contributed by atoms with E-state index in [1.165, 1.54) is 0 Å². The first-order chi connectivity index (χ1) is 6.70. The van der Waals surface area contributed by atoms with Crippen molar-refractivity contribution in [3.05, 3.63) is 46.0 Å². The number of ether oxygens (including phenoxy) is 1. The van der Waals surface area contributed by atoms with E-state index in [1.807, 2.05) is 0 Å². The lowest BCUT2D eigenvalue weighted by atomic mass is 10.2. The van der Waals surface area contributed by atoms with E-state index in [2.05, 4.69) is 4.74 Å². The molecule has 0 aromatic heterocycles. The molecule has 0 amide bonds. The summed E-state index contributed by atoms with van der Waals surface area (Å²) in [6.07, 6.45) is 0. The van der Waals surface area contributed by atoms with Crippen molar-refractivity contribution in [3.63, 3.8) is 0 Å². The van der Waals surface area contributed by atoms with Crippen molar-refractivity contribution >= 4 is 5.97 Å². The predicted molar refractivity (Wildman–Crippen MR) is 48.6 cm³/mol. The van der Waals surface area contributed by atoms with Crippen LogP contribution in [0.1, 0.15) is 10.4 Å². The molecule has 0 saturated carbocycles. The molecule has 74 valence electrons. The molecule has 1 rings (SSSR count). The average molecular weight is 195 g/mol. The van der Waals surface area contributed by atoms with Gasteiger partial charge in [-0.3, -0.25) is 10.1 Å². The molecule has 0 fully saturated rings. The number of esters is 1. The molecular formula is C9H9NO4. The maximum Gasteiger partial charge on any atom is 0.338 e. The normalized spacial score (nSPS) is 9.43. The van der Waals surface area contributed by atoms with Crippen LogP contribution in [0.15, 0.2) is 30.3 Å². The Morgan fingerprint density at radius 1 is 1.36 bits per heavy atom. The van der Waals surface area contributed by atoms with E-state index in [9.17, 15) is 14.9 Å². The molecule has 0 atom stereocenters. The first kappa shape index (κ1) is 10.2. The number of rotatable bonds is 4. The summed E-state index contributed by atoms with van der Waals surface area (Å²) in [5.74, 6) is -0.535. The van der Waals surface area contributed by atoms with Crippen LogP contribution >= 0.6 is 0 Å². The van der Waals surface area contributed by atoms with Gasteiger partial charge in [-0.05, 0) is 12.1 Å². The van der Waals surface area contributed by atoms with Crippen LogP contribution in [0.3, 0.4) is 0 Å². The number of hydrogen-bond donors (Lipinski definition) is 0. The molecular weight excluding hydrogens is 186 g/mol. The minimum absolute atomic E-state index is 0.194. The van der Waals surface area contributed by atoms with Crippen LogP contribution in [-0.4, -0.2) is 24.0 Å². The van der Waals surface area contributed by atoms with Gasteiger partial charge >= 0.3 is 5.97 Å². The molecule has 0 N–H and O–H groups in total. The molecule has 5 heteroatoms. The summed E-state index contributed by atoms with van der Waals surface area (Å²) >= 11 is 0. The van der Waals surface area contributed by atoms with Crippen LogP contribution in [0.4, 0.5) is 0 Å². The second-order valence-electron chi connectivity index (χ2n) is 2.56. The number of benzene rings is 1. The van der Waals surface area contributed by atoms with Gasteiger partial charge < -0.3 is 4.74 Å². The van der Waals surface area contributed by atoms with Gasteiger partial charge in [-0.15, -0.1) is 0 Å². The van der Waals surface area contributed by atoms with Crippen molar-refractivity contribution < 1.29 is 14.5 Å². The van der Waals surface area contributed by atoms with Gasteiger partial charge in [-0.1, -0.05) is 18.2 Å². The van der Waals surface area contributed by atoms with E-state index in [0.29, 0.717) is 5.56 Å². The Kier molecular flexibility index (Phi) is 3.60. The summed E-state index contributed by atoms with van der Waals surface area (Å²) in [7, 11) is 0. The van der Waals surface area contributed by atoms with Gasteiger partial charge in [0.05, 0.1) is 5.56 Å². The van der Waals surface area contributed by atoms with Gasteiger partial charge in [-0.2, -0.15) is 0 Å². The molecule has 1 aromatic rings. The molecule has 0 aliphatic carbocycles. The van der Waals surface area contributed by atoms with Crippen LogP contribution in [0.2, 0.25) is 0 Å². The number of carbonyl (C=O) groups excluding carboxylic acids is 1. The SMILES string of the molecule is O=C(OCC[N+](=O)[O-])c1ccccc1. The van der Waals surface area contributed by atoms with Crippen molar-refractivity contribution in [1.29, 1.82) is 0 Å². The zero-order chi connectivity index (χ0) is 10.4. The topological polar surface area (TPSA) is 69.4 Å². The van der Waals surface area contributed by atoms with Crippen LogP contribution in [0, 0.1) is 10.1 Å². The van der Waals surface area contributed by atoms with Crippen molar-refractivity contribution in [2.24, 2.45) is 0 Å². The lowest BCUT2D eigenvalue weighted by Crippen LogP contribution is -2.13. The van der Waals surface area contributed by atoms with E-state index in [1.54, 1.807) is 30.3 Å². The van der Waals surface area contributed by atoms with E-state index in [0.717, 1.165) is 0 Å². The summed E-state index contributed by atoms with van der Waals surface area (Å²) in [5, 5.41) is 9.93. The highest BCUT2D eigenvalue weighted by Crippen LogP contribution is 2.00. The Balaban J connectivity index is 2.40. The zero-order valence-corrected chi connectivity index (χ0v) is 7.38. The van der Waals surface area contributed by atoms with Crippen LogP contribution in [-0.2, 0) is 4.74 Å². The molecule has 0 bridgehead atoms. The summed E-state index contributed by atoms with van der Waals surface area (Å²) < 4.78 is 4.66. The smallest absolute Gasteiger partial charge is 0.338 e. The van der Waals surface area contributed by atoms with Crippen molar-refractivity contribution in [2.75, 3.05) is 13.2 Å². The Morgan fingerprint density at radius 3 is 2.57 bits per heavy atom. The Bertz CT molecular complexity index is 323. The standard InChI is InChI=1S/C9H9NO4/c11-9(14-7-6-10(12)13)8-4-2-1-3-5-8/h1-5H,6-7H2. The number of hydrogen-bond acceptors (Lipinski definition) is 4. The molecule has 1 aromatic carbocycles. The Morgan fingerprint density at radius 2 is 2.00 bits per heavy atom. The quantitative estimate of drug-likeness (QED) is 0.410. The van der Waals surface area contributed by atoms with Gasteiger partial charge in [0, 0.05) is 4.92 Å². The summed E-state index contributed by atoms with van der Waals surface area (Å²) in [6.45, 7) is -0.556. The Labute approximate surface area is 80.5 Å². The van der Waals surface area contributed by atoms with E-state index in [4.69, 9.17) is 0 Å². The highest BCUT2D eigenvalue weighted by molar-refractivity contribution is 5.89. The number of nitro groups is 1. The maximum absolute atomic E-state index is 11.2. The third-order valence-electron chi connectivity index (χ3n) is 1.52. The first-order valence-corrected chi connectivity index (χ1v) is 4.04. The largest absolute Gasteiger partial charge is 0.455 e. The first-order valence-electron chi connectivity index (χ1n) is 4.04. The van der Waals surface area contributed by atoms with Crippen LogP contribution < -0.4 is 0 Å². The van der Waals surface area contributed by atoms with Gasteiger partial charge in [0.15, 0.2) is 6.61 Å². The minimum Gasteiger partial charge on any atom is -0.455 e. The highest BCUT2D eigenvalue weighted by Gasteiger charge is 2.06. The summed E-state index contributed by atoms with van der Waals surface area (Å²) in [6, 6.07) is 8.35. The molecule has 5 nitrogen and oxygen atoms in total. The molecule has 0 aliphatic rings. The minimum atomic E-state index is -0.535. The second-order valence-corrected chi connectivity index (χ2v) is 2.56. The monoisotopic (exact) mass is 195 g/mol. The molecule has 0 saturated heterocycles.